The molecule has 0 radical (unpaired) electrons. The van der Waals surface area contributed by atoms with Crippen LogP contribution in [0.5, 0.6) is 0 Å². The quantitative estimate of drug-likeness (QED) is 0.566. The third kappa shape index (κ3) is 2.18. The van der Waals surface area contributed by atoms with E-state index in [9.17, 15) is 0 Å². The van der Waals surface area contributed by atoms with Crippen LogP contribution < -0.4 is 0 Å². The molecule has 0 saturated carbocycles. The molecule has 2 aromatic carbocycles. The van der Waals surface area contributed by atoms with Crippen LogP contribution in [0.2, 0.25) is 0 Å². The number of alkyl halides is 1. The van der Waals surface area contributed by atoms with Gasteiger partial charge in [-0.1, -0.05) is 46.3 Å². The maximum absolute atomic E-state index is 6.44. The monoisotopic (exact) mass is 320 g/mol. The second-order valence-electron chi connectivity index (χ2n) is 4.10. The molecule has 0 saturated heterocycles. The highest BCUT2D eigenvalue weighted by atomic mass is 79.9. The van der Waals surface area contributed by atoms with Crippen LogP contribution in [0, 0.1) is 0 Å². The number of fused-ring (bicyclic) bond motifs is 1. The maximum Gasteiger partial charge on any atom is 0.134 e. The van der Waals surface area contributed by atoms with Crippen molar-refractivity contribution in [3.63, 3.8) is 0 Å². The number of benzene rings is 2. The summed E-state index contributed by atoms with van der Waals surface area (Å²) in [6.45, 7) is 0. The lowest BCUT2D eigenvalue weighted by atomic mass is 10.1. The van der Waals surface area contributed by atoms with E-state index in [2.05, 4.69) is 15.9 Å². The van der Waals surface area contributed by atoms with Crippen molar-refractivity contribution in [2.45, 2.75) is 5.38 Å². The van der Waals surface area contributed by atoms with Gasteiger partial charge in [0.1, 0.15) is 16.7 Å². The van der Waals surface area contributed by atoms with Gasteiger partial charge in [-0.2, -0.15) is 0 Å². The second-order valence-corrected chi connectivity index (χ2v) is 5.46. The molecule has 0 aliphatic heterocycles. The molecule has 0 bridgehead atoms. The summed E-state index contributed by atoms with van der Waals surface area (Å²) in [7, 11) is 0. The van der Waals surface area contributed by atoms with E-state index in [1.54, 1.807) is 0 Å². The number of hydrogen-bond donors (Lipinski definition) is 0. The Morgan fingerprint density at radius 3 is 2.56 bits per heavy atom. The minimum Gasteiger partial charge on any atom is -0.459 e. The fourth-order valence-corrected chi connectivity index (χ4v) is 2.58. The van der Waals surface area contributed by atoms with E-state index in [0.29, 0.717) is 0 Å². The Balaban J connectivity index is 2.04. The lowest BCUT2D eigenvalue weighted by Gasteiger charge is -2.05. The molecule has 0 aliphatic carbocycles. The molecule has 1 aromatic heterocycles. The van der Waals surface area contributed by atoms with Crippen molar-refractivity contribution in [1.29, 1.82) is 0 Å². The summed E-state index contributed by atoms with van der Waals surface area (Å²) in [5, 5.41) is 0.804. The van der Waals surface area contributed by atoms with Gasteiger partial charge in [-0.25, -0.2) is 0 Å². The van der Waals surface area contributed by atoms with Gasteiger partial charge in [-0.3, -0.25) is 0 Å². The van der Waals surface area contributed by atoms with Crippen LogP contribution in [0.3, 0.4) is 0 Å². The minimum absolute atomic E-state index is 0.252. The van der Waals surface area contributed by atoms with Gasteiger partial charge in [0.2, 0.25) is 0 Å². The second kappa shape index (κ2) is 4.79. The topological polar surface area (TPSA) is 13.1 Å². The lowest BCUT2D eigenvalue weighted by molar-refractivity contribution is 0.557. The average Bonchev–Trinajstić information content (AvgIpc) is 2.81. The fourth-order valence-electron chi connectivity index (χ4n) is 1.95. The first-order valence-corrected chi connectivity index (χ1v) is 6.85. The average molecular weight is 322 g/mol. The van der Waals surface area contributed by atoms with Crippen molar-refractivity contribution in [1.82, 2.24) is 0 Å². The van der Waals surface area contributed by atoms with Gasteiger partial charge in [0.05, 0.1) is 0 Å². The summed E-state index contributed by atoms with van der Waals surface area (Å²) >= 11 is 9.89. The van der Waals surface area contributed by atoms with Crippen LogP contribution in [0.4, 0.5) is 0 Å². The molecule has 3 heteroatoms. The van der Waals surface area contributed by atoms with Gasteiger partial charge < -0.3 is 4.42 Å². The van der Waals surface area contributed by atoms with E-state index in [0.717, 1.165) is 26.8 Å². The molecule has 0 amide bonds. The molecule has 1 nitrogen and oxygen atoms in total. The van der Waals surface area contributed by atoms with Crippen LogP contribution in [-0.2, 0) is 0 Å². The molecule has 1 atom stereocenters. The largest absolute Gasteiger partial charge is 0.459 e. The van der Waals surface area contributed by atoms with Crippen molar-refractivity contribution in [2.75, 3.05) is 0 Å². The number of furan rings is 1. The molecular weight excluding hydrogens is 312 g/mol. The van der Waals surface area contributed by atoms with E-state index in [1.807, 2.05) is 54.6 Å². The van der Waals surface area contributed by atoms with E-state index in [4.69, 9.17) is 16.0 Å². The Labute approximate surface area is 119 Å². The van der Waals surface area contributed by atoms with Gasteiger partial charge >= 0.3 is 0 Å². The third-order valence-electron chi connectivity index (χ3n) is 2.84. The highest BCUT2D eigenvalue weighted by Crippen LogP contribution is 2.33. The molecule has 18 heavy (non-hydrogen) atoms. The van der Waals surface area contributed by atoms with Crippen molar-refractivity contribution in [3.05, 3.63) is 70.4 Å². The SMILES string of the molecule is ClC(c1ccccc1)c1cc2cc(Br)ccc2o1. The van der Waals surface area contributed by atoms with Gasteiger partial charge in [-0.15, -0.1) is 11.6 Å². The molecule has 1 heterocycles. The molecule has 3 rings (SSSR count). The Morgan fingerprint density at radius 1 is 1.00 bits per heavy atom. The molecular formula is C15H10BrClO. The highest BCUT2D eigenvalue weighted by Gasteiger charge is 2.15. The predicted octanol–water partition coefficient (Wildman–Crippen LogP) is 5.52. The molecule has 90 valence electrons. The normalized spacial score (nSPS) is 12.8. The van der Waals surface area contributed by atoms with Crippen LogP contribution >= 0.6 is 27.5 Å². The van der Waals surface area contributed by atoms with E-state index < -0.39 is 0 Å². The van der Waals surface area contributed by atoms with Crippen LogP contribution in [0.15, 0.2) is 63.5 Å². The number of halogens is 2. The Morgan fingerprint density at radius 2 is 1.78 bits per heavy atom. The van der Waals surface area contributed by atoms with Crippen molar-refractivity contribution in [2.24, 2.45) is 0 Å². The standard InChI is InChI=1S/C15H10BrClO/c16-12-6-7-13-11(8-12)9-14(18-13)15(17)10-4-2-1-3-5-10/h1-9,15H. The Hall–Kier alpha value is -1.25. The molecule has 0 aliphatic rings. The summed E-state index contributed by atoms with van der Waals surface area (Å²) in [5.74, 6) is 0.774. The Bertz CT molecular complexity index is 675. The smallest absolute Gasteiger partial charge is 0.134 e. The highest BCUT2D eigenvalue weighted by molar-refractivity contribution is 9.10. The van der Waals surface area contributed by atoms with Crippen LogP contribution in [0.1, 0.15) is 16.7 Å². The first-order chi connectivity index (χ1) is 8.74. The zero-order valence-electron chi connectivity index (χ0n) is 9.44. The van der Waals surface area contributed by atoms with Crippen molar-refractivity contribution < 1.29 is 4.42 Å². The third-order valence-corrected chi connectivity index (χ3v) is 3.80. The molecule has 0 fully saturated rings. The number of hydrogen-bond acceptors (Lipinski definition) is 1. The van der Waals surface area contributed by atoms with Crippen LogP contribution in [0.25, 0.3) is 11.0 Å². The predicted molar refractivity (Wildman–Crippen MR) is 78.1 cm³/mol. The molecule has 0 spiro atoms. The zero-order chi connectivity index (χ0) is 12.5. The summed E-state index contributed by atoms with van der Waals surface area (Å²) in [6.07, 6.45) is 0. The van der Waals surface area contributed by atoms with Gasteiger partial charge in [0.15, 0.2) is 0 Å². The van der Waals surface area contributed by atoms with Crippen molar-refractivity contribution >= 4 is 38.5 Å². The zero-order valence-corrected chi connectivity index (χ0v) is 11.8. The summed E-state index contributed by atoms with van der Waals surface area (Å²) in [5.41, 5.74) is 1.90. The molecule has 0 N–H and O–H groups in total. The van der Waals surface area contributed by atoms with E-state index >= 15 is 0 Å². The summed E-state index contributed by atoms with van der Waals surface area (Å²) in [6, 6.07) is 17.8. The van der Waals surface area contributed by atoms with Crippen molar-refractivity contribution in [3.8, 4) is 0 Å². The summed E-state index contributed by atoms with van der Waals surface area (Å²) < 4.78 is 6.82. The first-order valence-electron chi connectivity index (χ1n) is 5.62. The lowest BCUT2D eigenvalue weighted by Crippen LogP contribution is -1.89. The van der Waals surface area contributed by atoms with Gasteiger partial charge in [-0.05, 0) is 29.8 Å². The maximum atomic E-state index is 6.44. The number of rotatable bonds is 2. The fraction of sp³-hybridized carbons (Fsp3) is 0.0667. The Kier molecular flexibility index (Phi) is 3.14. The van der Waals surface area contributed by atoms with Crippen LogP contribution in [-0.4, -0.2) is 0 Å². The first kappa shape index (κ1) is 11.8. The van der Waals surface area contributed by atoms with Gasteiger partial charge in [0, 0.05) is 9.86 Å². The summed E-state index contributed by atoms with van der Waals surface area (Å²) in [4.78, 5) is 0. The van der Waals surface area contributed by atoms with E-state index in [-0.39, 0.29) is 5.38 Å². The molecule has 3 aromatic rings. The van der Waals surface area contributed by atoms with Gasteiger partial charge in [0.25, 0.3) is 0 Å². The molecule has 1 unspecified atom stereocenters. The minimum atomic E-state index is -0.252. The van der Waals surface area contributed by atoms with E-state index in [1.165, 1.54) is 0 Å².